The Bertz CT molecular complexity index is 922. The Morgan fingerprint density at radius 1 is 1.08 bits per heavy atom. The normalized spacial score (nSPS) is 10.2. The maximum absolute atomic E-state index is 12.2. The lowest BCUT2D eigenvalue weighted by molar-refractivity contribution is 0.0601. The number of hydrogen-bond acceptors (Lipinski definition) is 6. The molecule has 0 amide bonds. The molecule has 0 unspecified atom stereocenters. The molecule has 0 aliphatic heterocycles. The predicted octanol–water partition coefficient (Wildman–Crippen LogP) is 2.36. The number of aromatic amines is 1. The summed E-state index contributed by atoms with van der Waals surface area (Å²) in [5.74, 6) is -0.264. The van der Waals surface area contributed by atoms with Gasteiger partial charge in [0.15, 0.2) is 5.69 Å². The van der Waals surface area contributed by atoms with Gasteiger partial charge in [-0.15, -0.1) is 10.2 Å². The van der Waals surface area contributed by atoms with Crippen LogP contribution < -0.4 is 10.9 Å². The fraction of sp³-hybridized carbons (Fsp3) is 0.0588. The average Bonchev–Trinajstić information content (AvgIpc) is 2.62. The van der Waals surface area contributed by atoms with E-state index in [9.17, 15) is 9.59 Å². The molecule has 0 saturated carbocycles. The number of nitrogens with zero attached hydrogens (tertiary/aromatic N) is 2. The third-order valence-corrected chi connectivity index (χ3v) is 3.29. The lowest BCUT2D eigenvalue weighted by Crippen LogP contribution is -2.15. The second kappa shape index (κ2) is 6.74. The van der Waals surface area contributed by atoms with E-state index in [4.69, 9.17) is 0 Å². The number of hydrogen-bond donors (Lipinski definition) is 2. The van der Waals surface area contributed by atoms with E-state index in [1.165, 1.54) is 7.11 Å². The summed E-state index contributed by atoms with van der Waals surface area (Å²) in [5.41, 5.74) is 1.53. The molecule has 2 N–H and O–H groups in total. The van der Waals surface area contributed by atoms with Gasteiger partial charge in [0, 0.05) is 11.3 Å². The number of anilines is 2. The van der Waals surface area contributed by atoms with E-state index in [1.807, 2.05) is 18.2 Å². The van der Waals surface area contributed by atoms with E-state index in [-0.39, 0.29) is 17.2 Å². The average molecular weight is 322 g/mol. The van der Waals surface area contributed by atoms with Crippen molar-refractivity contribution in [1.82, 2.24) is 15.2 Å². The van der Waals surface area contributed by atoms with Gasteiger partial charge in [-0.1, -0.05) is 36.4 Å². The minimum Gasteiger partial charge on any atom is -0.465 e. The van der Waals surface area contributed by atoms with Crippen LogP contribution in [0.15, 0.2) is 59.4 Å². The fourth-order valence-corrected chi connectivity index (χ4v) is 2.16. The van der Waals surface area contributed by atoms with Gasteiger partial charge in [-0.25, -0.2) is 4.79 Å². The summed E-state index contributed by atoms with van der Waals surface area (Å²) in [4.78, 5) is 26.3. The molecule has 0 aliphatic carbocycles. The van der Waals surface area contributed by atoms with E-state index in [2.05, 4.69) is 25.2 Å². The molecule has 7 heteroatoms. The van der Waals surface area contributed by atoms with Gasteiger partial charge < -0.3 is 10.1 Å². The predicted molar refractivity (Wildman–Crippen MR) is 89.2 cm³/mol. The number of benzene rings is 2. The smallest absolute Gasteiger partial charge is 0.337 e. The number of ether oxygens (including phenoxy) is 1. The third kappa shape index (κ3) is 3.30. The summed E-state index contributed by atoms with van der Waals surface area (Å²) < 4.78 is 4.67. The molecule has 0 spiro atoms. The number of rotatable bonds is 4. The highest BCUT2D eigenvalue weighted by Crippen LogP contribution is 2.16. The van der Waals surface area contributed by atoms with Crippen molar-refractivity contribution in [2.45, 2.75) is 0 Å². The Kier molecular flexibility index (Phi) is 4.33. The number of H-pyrrole nitrogens is 1. The van der Waals surface area contributed by atoms with Gasteiger partial charge in [0.1, 0.15) is 0 Å². The van der Waals surface area contributed by atoms with Crippen LogP contribution in [0.5, 0.6) is 0 Å². The largest absolute Gasteiger partial charge is 0.465 e. The lowest BCUT2D eigenvalue weighted by Gasteiger charge is -2.07. The van der Waals surface area contributed by atoms with Gasteiger partial charge >= 0.3 is 5.97 Å². The third-order valence-electron chi connectivity index (χ3n) is 3.29. The molecule has 3 rings (SSSR count). The Morgan fingerprint density at radius 2 is 1.88 bits per heavy atom. The zero-order valence-corrected chi connectivity index (χ0v) is 12.8. The van der Waals surface area contributed by atoms with Gasteiger partial charge in [-0.2, -0.15) is 0 Å². The van der Waals surface area contributed by atoms with Gasteiger partial charge in [-0.05, 0) is 18.2 Å². The molecule has 0 fully saturated rings. The highest BCUT2D eigenvalue weighted by Gasteiger charge is 2.09. The van der Waals surface area contributed by atoms with E-state index < -0.39 is 5.97 Å². The SMILES string of the molecule is COC(=O)c1cccc(Nc2nnc(-c3ccccc3)c(=O)[nH]2)c1. The minimum absolute atomic E-state index is 0.182. The van der Waals surface area contributed by atoms with Gasteiger partial charge in [0.25, 0.3) is 5.56 Å². The number of aromatic nitrogens is 3. The Hall–Kier alpha value is -3.48. The summed E-state index contributed by atoms with van der Waals surface area (Å²) in [7, 11) is 1.31. The van der Waals surface area contributed by atoms with Crippen LogP contribution >= 0.6 is 0 Å². The van der Waals surface area contributed by atoms with Gasteiger partial charge in [-0.3, -0.25) is 9.78 Å². The van der Waals surface area contributed by atoms with Crippen molar-refractivity contribution in [1.29, 1.82) is 0 Å². The summed E-state index contributed by atoms with van der Waals surface area (Å²) >= 11 is 0. The van der Waals surface area contributed by atoms with Crippen LogP contribution in [0.4, 0.5) is 11.6 Å². The van der Waals surface area contributed by atoms with Crippen molar-refractivity contribution < 1.29 is 9.53 Å². The Balaban J connectivity index is 1.86. The maximum Gasteiger partial charge on any atom is 0.337 e. The highest BCUT2D eigenvalue weighted by atomic mass is 16.5. The quantitative estimate of drug-likeness (QED) is 0.716. The molecule has 7 nitrogen and oxygen atoms in total. The molecule has 0 bridgehead atoms. The molecule has 0 saturated heterocycles. The molecule has 2 aromatic carbocycles. The van der Waals surface area contributed by atoms with E-state index in [0.717, 1.165) is 0 Å². The van der Waals surface area contributed by atoms with Crippen molar-refractivity contribution in [3.63, 3.8) is 0 Å². The minimum atomic E-state index is -0.447. The standard InChI is InChI=1S/C17H14N4O3/c1-24-16(23)12-8-5-9-13(10-12)18-17-19-15(22)14(20-21-17)11-6-3-2-4-7-11/h2-10H,1H3,(H2,18,19,21,22). The van der Waals surface area contributed by atoms with Crippen molar-refractivity contribution in [2.75, 3.05) is 12.4 Å². The molecule has 0 aliphatic rings. The second-order valence-electron chi connectivity index (χ2n) is 4.91. The van der Waals surface area contributed by atoms with Crippen molar-refractivity contribution >= 4 is 17.6 Å². The second-order valence-corrected chi connectivity index (χ2v) is 4.91. The van der Waals surface area contributed by atoms with Crippen LogP contribution in [0.25, 0.3) is 11.3 Å². The van der Waals surface area contributed by atoms with Crippen LogP contribution in [-0.4, -0.2) is 28.3 Å². The van der Waals surface area contributed by atoms with E-state index in [1.54, 1.807) is 36.4 Å². The number of esters is 1. The van der Waals surface area contributed by atoms with E-state index in [0.29, 0.717) is 16.8 Å². The summed E-state index contributed by atoms with van der Waals surface area (Å²) in [6.07, 6.45) is 0. The van der Waals surface area contributed by atoms with Crippen LogP contribution in [0.1, 0.15) is 10.4 Å². The molecule has 3 aromatic rings. The fourth-order valence-electron chi connectivity index (χ4n) is 2.16. The first-order valence-electron chi connectivity index (χ1n) is 7.15. The first kappa shape index (κ1) is 15.4. The summed E-state index contributed by atoms with van der Waals surface area (Å²) in [5, 5.41) is 10.8. The summed E-state index contributed by atoms with van der Waals surface area (Å²) in [6, 6.07) is 15.7. The van der Waals surface area contributed by atoms with Crippen molar-refractivity contribution in [3.8, 4) is 11.3 Å². The number of methoxy groups -OCH3 is 1. The number of carbonyl (C=O) groups is 1. The topological polar surface area (TPSA) is 97.0 Å². The molecule has 120 valence electrons. The molecule has 0 atom stereocenters. The van der Waals surface area contributed by atoms with E-state index >= 15 is 0 Å². The van der Waals surface area contributed by atoms with Gasteiger partial charge in [0.2, 0.25) is 5.95 Å². The molecule has 1 heterocycles. The van der Waals surface area contributed by atoms with Gasteiger partial charge in [0.05, 0.1) is 12.7 Å². The number of nitrogens with one attached hydrogen (secondary N) is 2. The Labute approximate surface area is 137 Å². The van der Waals surface area contributed by atoms with Crippen LogP contribution in [0.2, 0.25) is 0 Å². The zero-order chi connectivity index (χ0) is 16.9. The van der Waals surface area contributed by atoms with Crippen molar-refractivity contribution in [2.24, 2.45) is 0 Å². The Morgan fingerprint density at radius 3 is 2.58 bits per heavy atom. The summed E-state index contributed by atoms with van der Waals surface area (Å²) in [6.45, 7) is 0. The van der Waals surface area contributed by atoms with Crippen molar-refractivity contribution in [3.05, 3.63) is 70.5 Å². The zero-order valence-electron chi connectivity index (χ0n) is 12.8. The maximum atomic E-state index is 12.2. The van der Waals surface area contributed by atoms with Crippen LogP contribution in [0, 0.1) is 0 Å². The molecule has 1 aromatic heterocycles. The monoisotopic (exact) mass is 322 g/mol. The molecular formula is C17H14N4O3. The molecular weight excluding hydrogens is 308 g/mol. The molecule has 24 heavy (non-hydrogen) atoms. The first-order valence-corrected chi connectivity index (χ1v) is 7.15. The first-order chi connectivity index (χ1) is 11.7. The lowest BCUT2D eigenvalue weighted by atomic mass is 10.2. The molecule has 0 radical (unpaired) electrons. The number of carbonyl (C=O) groups excluding carboxylic acids is 1. The van der Waals surface area contributed by atoms with Crippen LogP contribution in [0.3, 0.4) is 0 Å². The van der Waals surface area contributed by atoms with Crippen LogP contribution in [-0.2, 0) is 4.74 Å². The highest BCUT2D eigenvalue weighted by molar-refractivity contribution is 5.90.